The van der Waals surface area contributed by atoms with Crippen LogP contribution in [-0.4, -0.2) is 42.4 Å². The fourth-order valence-corrected chi connectivity index (χ4v) is 2.10. The van der Waals surface area contributed by atoms with Gasteiger partial charge in [0.15, 0.2) is 11.5 Å². The average Bonchev–Trinajstić information content (AvgIpc) is 2.59. The number of hydrogen-bond donors (Lipinski definition) is 2. The van der Waals surface area contributed by atoms with Crippen molar-refractivity contribution in [1.82, 2.24) is 9.97 Å². The number of hydrogen-bond acceptors (Lipinski definition) is 7. The number of methoxy groups -OCH3 is 3. The topological polar surface area (TPSA) is 103 Å². The first-order valence-corrected chi connectivity index (χ1v) is 7.12. The van der Waals surface area contributed by atoms with Crippen LogP contribution in [0, 0.1) is 0 Å². The molecule has 0 bridgehead atoms. The maximum Gasteiger partial charge on any atom is 0.339 e. The predicted octanol–water partition coefficient (Wildman–Crippen LogP) is 1.95. The maximum atomic E-state index is 11.1. The van der Waals surface area contributed by atoms with Crippen LogP contribution >= 0.6 is 0 Å². The summed E-state index contributed by atoms with van der Waals surface area (Å²) in [5, 5.41) is 12.2. The van der Waals surface area contributed by atoms with Crippen molar-refractivity contribution in [1.29, 1.82) is 0 Å². The summed E-state index contributed by atoms with van der Waals surface area (Å²) in [6.45, 7) is 0.536. The van der Waals surface area contributed by atoms with E-state index in [1.165, 1.54) is 13.3 Å². The highest BCUT2D eigenvalue weighted by atomic mass is 16.5. The number of ether oxygens (including phenoxy) is 3. The zero-order chi connectivity index (χ0) is 17.5. The van der Waals surface area contributed by atoms with Gasteiger partial charge in [0.1, 0.15) is 5.56 Å². The molecule has 0 atom stereocenters. The third-order valence-corrected chi connectivity index (χ3v) is 3.28. The molecule has 2 N–H and O–H groups in total. The second kappa shape index (κ2) is 8.11. The van der Waals surface area contributed by atoms with E-state index in [0.717, 1.165) is 5.56 Å². The third-order valence-electron chi connectivity index (χ3n) is 3.28. The summed E-state index contributed by atoms with van der Waals surface area (Å²) in [6, 6.07) is 5.53. The first kappa shape index (κ1) is 17.5. The van der Waals surface area contributed by atoms with Crippen molar-refractivity contribution in [2.75, 3.05) is 26.6 Å². The Morgan fingerprint density at radius 3 is 2.58 bits per heavy atom. The van der Waals surface area contributed by atoms with Crippen molar-refractivity contribution in [2.45, 2.75) is 13.2 Å². The smallest absolute Gasteiger partial charge is 0.339 e. The molecular formula is C16H19N3O5. The summed E-state index contributed by atoms with van der Waals surface area (Å²) in [5.74, 6) is 0.500. The molecule has 128 valence electrons. The predicted molar refractivity (Wildman–Crippen MR) is 86.6 cm³/mol. The van der Waals surface area contributed by atoms with Crippen molar-refractivity contribution >= 4 is 11.9 Å². The highest BCUT2D eigenvalue weighted by molar-refractivity contribution is 5.88. The Morgan fingerprint density at radius 1 is 1.21 bits per heavy atom. The molecule has 0 fully saturated rings. The van der Waals surface area contributed by atoms with Crippen molar-refractivity contribution in [3.8, 4) is 11.5 Å². The molecule has 0 unspecified atom stereocenters. The van der Waals surface area contributed by atoms with E-state index in [4.69, 9.17) is 19.3 Å². The summed E-state index contributed by atoms with van der Waals surface area (Å²) in [5.41, 5.74) is 1.27. The van der Waals surface area contributed by atoms with Crippen LogP contribution in [0.1, 0.15) is 21.6 Å². The molecule has 8 heteroatoms. The molecule has 0 spiro atoms. The highest BCUT2D eigenvalue weighted by Crippen LogP contribution is 2.27. The number of aromatic nitrogens is 2. The van der Waals surface area contributed by atoms with E-state index in [-0.39, 0.29) is 12.2 Å². The largest absolute Gasteiger partial charge is 0.493 e. The van der Waals surface area contributed by atoms with Crippen LogP contribution in [0.2, 0.25) is 0 Å². The van der Waals surface area contributed by atoms with E-state index in [9.17, 15) is 4.79 Å². The van der Waals surface area contributed by atoms with Crippen LogP contribution in [0.5, 0.6) is 11.5 Å². The SMILES string of the molecule is COCc1nc(NCc2ccc(OC)c(OC)c2)ncc1C(=O)O. The minimum absolute atomic E-state index is 0.0218. The third kappa shape index (κ3) is 4.11. The van der Waals surface area contributed by atoms with Crippen LogP contribution in [0.15, 0.2) is 24.4 Å². The molecule has 2 aromatic rings. The van der Waals surface area contributed by atoms with E-state index >= 15 is 0 Å². The summed E-state index contributed by atoms with van der Waals surface area (Å²) in [6.07, 6.45) is 1.26. The number of nitrogens with one attached hydrogen (secondary N) is 1. The van der Waals surface area contributed by atoms with Gasteiger partial charge >= 0.3 is 5.97 Å². The average molecular weight is 333 g/mol. The lowest BCUT2D eigenvalue weighted by Gasteiger charge is -2.11. The van der Waals surface area contributed by atoms with Gasteiger partial charge in [-0.1, -0.05) is 6.07 Å². The molecule has 0 saturated heterocycles. The molecule has 0 aliphatic heterocycles. The molecule has 1 aromatic heterocycles. The Labute approximate surface area is 139 Å². The molecule has 24 heavy (non-hydrogen) atoms. The van der Waals surface area contributed by atoms with Crippen molar-refractivity contribution in [3.05, 3.63) is 41.2 Å². The number of rotatable bonds is 8. The number of carboxylic acids is 1. The molecule has 1 heterocycles. The quantitative estimate of drug-likeness (QED) is 0.755. The van der Waals surface area contributed by atoms with Crippen molar-refractivity contribution in [2.24, 2.45) is 0 Å². The van der Waals surface area contributed by atoms with Crippen LogP contribution in [0.4, 0.5) is 5.95 Å². The van der Waals surface area contributed by atoms with Gasteiger partial charge in [-0.3, -0.25) is 0 Å². The number of benzene rings is 1. The standard InChI is InChI=1S/C16H19N3O5/c1-22-9-12-11(15(20)21)8-18-16(19-12)17-7-10-4-5-13(23-2)14(6-10)24-3/h4-6,8H,7,9H2,1-3H3,(H,20,21)(H,17,18,19). The van der Waals surface area contributed by atoms with Crippen LogP contribution in [-0.2, 0) is 17.9 Å². The zero-order valence-corrected chi connectivity index (χ0v) is 13.7. The minimum atomic E-state index is -1.09. The van der Waals surface area contributed by atoms with E-state index < -0.39 is 5.97 Å². The summed E-state index contributed by atoms with van der Waals surface area (Å²) < 4.78 is 15.4. The zero-order valence-electron chi connectivity index (χ0n) is 13.7. The number of aromatic carboxylic acids is 1. The molecule has 0 radical (unpaired) electrons. The van der Waals surface area contributed by atoms with Gasteiger partial charge in [0.05, 0.1) is 26.5 Å². The summed E-state index contributed by atoms with van der Waals surface area (Å²) in [4.78, 5) is 19.3. The molecule has 0 saturated carbocycles. The highest BCUT2D eigenvalue weighted by Gasteiger charge is 2.13. The Bertz CT molecular complexity index is 721. The Balaban J connectivity index is 2.14. The van der Waals surface area contributed by atoms with Crippen LogP contribution < -0.4 is 14.8 Å². The molecular weight excluding hydrogens is 314 g/mol. The molecule has 0 amide bonds. The van der Waals surface area contributed by atoms with E-state index in [1.807, 2.05) is 12.1 Å². The minimum Gasteiger partial charge on any atom is -0.493 e. The maximum absolute atomic E-state index is 11.1. The van der Waals surface area contributed by atoms with E-state index in [0.29, 0.717) is 29.7 Å². The van der Waals surface area contributed by atoms with Gasteiger partial charge in [-0.15, -0.1) is 0 Å². The lowest BCUT2D eigenvalue weighted by Crippen LogP contribution is -2.11. The number of anilines is 1. The Morgan fingerprint density at radius 2 is 1.96 bits per heavy atom. The van der Waals surface area contributed by atoms with Gasteiger partial charge in [-0.05, 0) is 17.7 Å². The van der Waals surface area contributed by atoms with Crippen molar-refractivity contribution in [3.63, 3.8) is 0 Å². The molecule has 1 aromatic carbocycles. The summed E-state index contributed by atoms with van der Waals surface area (Å²) in [7, 11) is 4.62. The molecule has 0 aliphatic rings. The van der Waals surface area contributed by atoms with Crippen LogP contribution in [0.25, 0.3) is 0 Å². The number of nitrogens with zero attached hydrogens (tertiary/aromatic N) is 2. The van der Waals surface area contributed by atoms with Gasteiger partial charge in [0.25, 0.3) is 0 Å². The molecule has 2 rings (SSSR count). The molecule has 0 aliphatic carbocycles. The fraction of sp³-hybridized carbons (Fsp3) is 0.312. The summed E-state index contributed by atoms with van der Waals surface area (Å²) >= 11 is 0. The Kier molecular flexibility index (Phi) is 5.91. The molecule has 8 nitrogen and oxygen atoms in total. The number of carboxylic acid groups (broad SMARTS) is 1. The first-order valence-electron chi connectivity index (χ1n) is 7.12. The first-order chi connectivity index (χ1) is 11.6. The van der Waals surface area contributed by atoms with Gasteiger partial charge in [0, 0.05) is 19.9 Å². The lowest BCUT2D eigenvalue weighted by atomic mass is 10.2. The van der Waals surface area contributed by atoms with Gasteiger partial charge in [0.2, 0.25) is 5.95 Å². The van der Waals surface area contributed by atoms with Crippen LogP contribution in [0.3, 0.4) is 0 Å². The number of carbonyl (C=O) groups is 1. The van der Waals surface area contributed by atoms with Gasteiger partial charge in [-0.25, -0.2) is 14.8 Å². The normalized spacial score (nSPS) is 10.3. The van der Waals surface area contributed by atoms with Gasteiger partial charge in [-0.2, -0.15) is 0 Å². The second-order valence-corrected chi connectivity index (χ2v) is 4.84. The van der Waals surface area contributed by atoms with E-state index in [1.54, 1.807) is 20.3 Å². The lowest BCUT2D eigenvalue weighted by molar-refractivity contribution is 0.0690. The second-order valence-electron chi connectivity index (χ2n) is 4.84. The monoisotopic (exact) mass is 333 g/mol. The van der Waals surface area contributed by atoms with E-state index in [2.05, 4.69) is 15.3 Å². The van der Waals surface area contributed by atoms with Gasteiger partial charge < -0.3 is 24.6 Å². The Hall–Kier alpha value is -2.87. The fourth-order valence-electron chi connectivity index (χ4n) is 2.10. The van der Waals surface area contributed by atoms with Crippen molar-refractivity contribution < 1.29 is 24.1 Å².